The molecule has 0 unspecified atom stereocenters. The maximum Gasteiger partial charge on any atom is 0.225 e. The van der Waals surface area contributed by atoms with Crippen molar-refractivity contribution in [2.75, 3.05) is 23.8 Å². The summed E-state index contributed by atoms with van der Waals surface area (Å²) in [6.07, 6.45) is 0. The molecular weight excluding hydrogens is 312 g/mol. The zero-order valence-corrected chi connectivity index (χ0v) is 13.2. The molecule has 0 atom stereocenters. The van der Waals surface area contributed by atoms with Crippen LogP contribution in [0.15, 0.2) is 48.5 Å². The third-order valence-electron chi connectivity index (χ3n) is 3.40. The molecule has 3 N–H and O–H groups in total. The van der Waals surface area contributed by atoms with Crippen LogP contribution < -0.4 is 10.6 Å². The first kappa shape index (κ1) is 15.5. The molecule has 0 aliphatic rings. The zero-order valence-electron chi connectivity index (χ0n) is 12.5. The van der Waals surface area contributed by atoms with Crippen molar-refractivity contribution < 1.29 is 5.11 Å². The normalized spacial score (nSPS) is 10.7. The summed E-state index contributed by atoms with van der Waals surface area (Å²) in [6, 6.07) is 15.4. The number of anilines is 2. The van der Waals surface area contributed by atoms with E-state index >= 15 is 0 Å². The Balaban J connectivity index is 1.87. The Morgan fingerprint density at radius 3 is 2.57 bits per heavy atom. The molecule has 0 amide bonds. The summed E-state index contributed by atoms with van der Waals surface area (Å²) in [5.41, 5.74) is 1.82. The number of fused-ring (bicyclic) bond motifs is 1. The largest absolute Gasteiger partial charge is 0.395 e. The summed E-state index contributed by atoms with van der Waals surface area (Å²) >= 11 is 6.16. The van der Waals surface area contributed by atoms with Crippen LogP contribution in [-0.4, -0.2) is 28.2 Å². The van der Waals surface area contributed by atoms with E-state index in [4.69, 9.17) is 16.7 Å². The number of benzene rings is 2. The van der Waals surface area contributed by atoms with Crippen LogP contribution in [-0.2, 0) is 6.54 Å². The van der Waals surface area contributed by atoms with Crippen LogP contribution in [0.1, 0.15) is 5.56 Å². The van der Waals surface area contributed by atoms with Crippen LogP contribution in [0.2, 0.25) is 5.02 Å². The first-order valence-electron chi connectivity index (χ1n) is 7.36. The van der Waals surface area contributed by atoms with Gasteiger partial charge in [0.1, 0.15) is 5.82 Å². The van der Waals surface area contributed by atoms with E-state index in [9.17, 15) is 0 Å². The van der Waals surface area contributed by atoms with Gasteiger partial charge in [0.25, 0.3) is 0 Å². The van der Waals surface area contributed by atoms with E-state index in [1.54, 1.807) is 0 Å². The summed E-state index contributed by atoms with van der Waals surface area (Å²) < 4.78 is 0. The second kappa shape index (κ2) is 7.26. The standard InChI is InChI=1S/C17H17ClN4O/c18-14-7-3-1-5-12(14)11-20-17-21-15-8-4-2-6-13(15)16(22-17)19-9-10-23/h1-8,23H,9-11H2,(H2,19,20,21,22). The number of aliphatic hydroxyl groups is 1. The summed E-state index contributed by atoms with van der Waals surface area (Å²) in [6.45, 7) is 1.02. The van der Waals surface area contributed by atoms with Crippen LogP contribution >= 0.6 is 11.6 Å². The van der Waals surface area contributed by atoms with Gasteiger partial charge in [0, 0.05) is 23.5 Å². The van der Waals surface area contributed by atoms with Crippen molar-refractivity contribution in [2.24, 2.45) is 0 Å². The Bertz CT molecular complexity index is 809. The second-order valence-corrected chi connectivity index (χ2v) is 5.42. The van der Waals surface area contributed by atoms with E-state index in [0.29, 0.717) is 29.9 Å². The van der Waals surface area contributed by atoms with Gasteiger partial charge < -0.3 is 15.7 Å². The Morgan fingerprint density at radius 1 is 0.957 bits per heavy atom. The molecule has 0 bridgehead atoms. The topological polar surface area (TPSA) is 70.1 Å². The summed E-state index contributed by atoms with van der Waals surface area (Å²) in [5, 5.41) is 17.0. The van der Waals surface area contributed by atoms with Gasteiger partial charge in [-0.2, -0.15) is 4.98 Å². The highest BCUT2D eigenvalue weighted by atomic mass is 35.5. The number of halogens is 1. The molecule has 0 saturated carbocycles. The van der Waals surface area contributed by atoms with Gasteiger partial charge in [0.2, 0.25) is 5.95 Å². The fraction of sp³-hybridized carbons (Fsp3) is 0.176. The number of para-hydroxylation sites is 1. The van der Waals surface area contributed by atoms with Crippen molar-refractivity contribution in [1.82, 2.24) is 9.97 Å². The van der Waals surface area contributed by atoms with Crippen LogP contribution in [0.3, 0.4) is 0 Å². The van der Waals surface area contributed by atoms with Crippen molar-refractivity contribution in [2.45, 2.75) is 6.54 Å². The van der Waals surface area contributed by atoms with Gasteiger partial charge in [-0.05, 0) is 23.8 Å². The van der Waals surface area contributed by atoms with Gasteiger partial charge in [0.05, 0.1) is 12.1 Å². The Labute approximate surface area is 139 Å². The highest BCUT2D eigenvalue weighted by molar-refractivity contribution is 6.31. The van der Waals surface area contributed by atoms with Gasteiger partial charge >= 0.3 is 0 Å². The summed E-state index contributed by atoms with van der Waals surface area (Å²) in [5.74, 6) is 1.22. The number of hydrogen-bond acceptors (Lipinski definition) is 5. The molecule has 0 radical (unpaired) electrons. The van der Waals surface area contributed by atoms with Gasteiger partial charge in [-0.25, -0.2) is 4.98 Å². The van der Waals surface area contributed by atoms with E-state index in [1.165, 1.54) is 0 Å². The van der Waals surface area contributed by atoms with Crippen molar-refractivity contribution >= 4 is 34.3 Å². The molecule has 1 heterocycles. The molecule has 23 heavy (non-hydrogen) atoms. The van der Waals surface area contributed by atoms with Crippen molar-refractivity contribution in [3.8, 4) is 0 Å². The predicted octanol–water partition coefficient (Wildman–Crippen LogP) is 3.30. The quantitative estimate of drug-likeness (QED) is 0.647. The zero-order chi connectivity index (χ0) is 16.1. The highest BCUT2D eigenvalue weighted by Crippen LogP contribution is 2.22. The minimum absolute atomic E-state index is 0.0424. The first-order valence-corrected chi connectivity index (χ1v) is 7.74. The fourth-order valence-electron chi connectivity index (χ4n) is 2.28. The van der Waals surface area contributed by atoms with Crippen molar-refractivity contribution in [3.63, 3.8) is 0 Å². The average Bonchev–Trinajstić information content (AvgIpc) is 2.59. The smallest absolute Gasteiger partial charge is 0.225 e. The number of nitrogens with one attached hydrogen (secondary N) is 2. The van der Waals surface area contributed by atoms with E-state index in [1.807, 2.05) is 48.5 Å². The lowest BCUT2D eigenvalue weighted by molar-refractivity contribution is 0.311. The minimum atomic E-state index is 0.0424. The molecule has 3 rings (SSSR count). The van der Waals surface area contributed by atoms with Gasteiger partial charge in [-0.1, -0.05) is 41.9 Å². The highest BCUT2D eigenvalue weighted by Gasteiger charge is 2.07. The number of rotatable bonds is 6. The lowest BCUT2D eigenvalue weighted by Crippen LogP contribution is -2.10. The second-order valence-electron chi connectivity index (χ2n) is 5.01. The molecule has 6 heteroatoms. The lowest BCUT2D eigenvalue weighted by atomic mass is 10.2. The maximum absolute atomic E-state index is 9.02. The Hall–Kier alpha value is -2.37. The molecule has 0 saturated heterocycles. The van der Waals surface area contributed by atoms with E-state index in [-0.39, 0.29) is 6.61 Å². The van der Waals surface area contributed by atoms with Crippen LogP contribution in [0.25, 0.3) is 10.9 Å². The molecule has 118 valence electrons. The minimum Gasteiger partial charge on any atom is -0.395 e. The molecule has 0 aliphatic carbocycles. The number of nitrogens with zero attached hydrogens (tertiary/aromatic N) is 2. The monoisotopic (exact) mass is 328 g/mol. The first-order chi connectivity index (χ1) is 11.3. The summed E-state index contributed by atoms with van der Waals surface area (Å²) in [7, 11) is 0. The Morgan fingerprint density at radius 2 is 1.74 bits per heavy atom. The molecule has 1 aromatic heterocycles. The van der Waals surface area contributed by atoms with Crippen LogP contribution in [0, 0.1) is 0 Å². The van der Waals surface area contributed by atoms with Gasteiger partial charge in [-0.15, -0.1) is 0 Å². The number of hydrogen-bond donors (Lipinski definition) is 3. The molecule has 0 spiro atoms. The summed E-state index contributed by atoms with van der Waals surface area (Å²) in [4.78, 5) is 9.02. The molecule has 0 aliphatic heterocycles. The number of aliphatic hydroxyl groups excluding tert-OH is 1. The van der Waals surface area contributed by atoms with Gasteiger partial charge in [0.15, 0.2) is 0 Å². The fourth-order valence-corrected chi connectivity index (χ4v) is 2.48. The van der Waals surface area contributed by atoms with Crippen LogP contribution in [0.5, 0.6) is 0 Å². The van der Waals surface area contributed by atoms with Crippen molar-refractivity contribution in [1.29, 1.82) is 0 Å². The molecule has 0 fully saturated rings. The third-order valence-corrected chi connectivity index (χ3v) is 3.77. The lowest BCUT2D eigenvalue weighted by Gasteiger charge is -2.11. The molecule has 3 aromatic rings. The maximum atomic E-state index is 9.02. The molecular formula is C17H17ClN4O. The van der Waals surface area contributed by atoms with Gasteiger partial charge in [-0.3, -0.25) is 0 Å². The molecule has 5 nitrogen and oxygen atoms in total. The number of aromatic nitrogens is 2. The third kappa shape index (κ3) is 3.70. The Kier molecular flexibility index (Phi) is 4.90. The van der Waals surface area contributed by atoms with E-state index < -0.39 is 0 Å². The van der Waals surface area contributed by atoms with E-state index in [0.717, 1.165) is 16.5 Å². The average molecular weight is 329 g/mol. The predicted molar refractivity (Wildman–Crippen MR) is 93.9 cm³/mol. The SMILES string of the molecule is OCCNc1nc(NCc2ccccc2Cl)nc2ccccc12. The molecule has 2 aromatic carbocycles. The van der Waals surface area contributed by atoms with E-state index in [2.05, 4.69) is 20.6 Å². The van der Waals surface area contributed by atoms with Crippen LogP contribution in [0.4, 0.5) is 11.8 Å². The van der Waals surface area contributed by atoms with Crippen molar-refractivity contribution in [3.05, 3.63) is 59.1 Å².